The first-order valence-electron chi connectivity index (χ1n) is 8.11. The summed E-state index contributed by atoms with van der Waals surface area (Å²) in [6.45, 7) is 1.22. The smallest absolute Gasteiger partial charge is 0.302 e. The molecule has 0 saturated carbocycles. The molecule has 1 amide bonds. The number of nitrogens with one attached hydrogen (secondary N) is 1. The normalized spacial score (nSPS) is 13.8. The third kappa shape index (κ3) is 4.31. The fourth-order valence-electron chi connectivity index (χ4n) is 2.56. The second-order valence-electron chi connectivity index (χ2n) is 5.82. The van der Waals surface area contributed by atoms with Crippen LogP contribution in [0.25, 0.3) is 0 Å². The van der Waals surface area contributed by atoms with Crippen LogP contribution < -0.4 is 14.8 Å². The lowest BCUT2D eigenvalue weighted by Crippen LogP contribution is -2.27. The van der Waals surface area contributed by atoms with E-state index < -0.39 is 12.1 Å². The van der Waals surface area contributed by atoms with Gasteiger partial charge in [-0.1, -0.05) is 30.3 Å². The standard InChI is InChI=1S/C19H19NO6/c1-12(21)24-10-17(22)15-7-14(25-9-13-5-3-2-4-6-13)8-16-19(15)26-11-18(23)20-16/h2-8,17,22H,9-11H2,1H3,(H,20,23). The molecule has 2 aromatic carbocycles. The quantitative estimate of drug-likeness (QED) is 0.770. The van der Waals surface area contributed by atoms with Gasteiger partial charge in [-0.15, -0.1) is 0 Å². The number of aliphatic hydroxyl groups is 1. The van der Waals surface area contributed by atoms with Gasteiger partial charge in [0.2, 0.25) is 0 Å². The minimum absolute atomic E-state index is 0.148. The van der Waals surface area contributed by atoms with E-state index in [-0.39, 0.29) is 19.1 Å². The van der Waals surface area contributed by atoms with E-state index >= 15 is 0 Å². The third-order valence-corrected chi connectivity index (χ3v) is 3.76. The van der Waals surface area contributed by atoms with Crippen LogP contribution in [0.3, 0.4) is 0 Å². The molecule has 136 valence electrons. The Morgan fingerprint density at radius 2 is 2.08 bits per heavy atom. The van der Waals surface area contributed by atoms with Gasteiger partial charge >= 0.3 is 5.97 Å². The number of benzene rings is 2. The van der Waals surface area contributed by atoms with Crippen LogP contribution in [0.2, 0.25) is 0 Å². The summed E-state index contributed by atoms with van der Waals surface area (Å²) in [5.74, 6) is 0.00773. The molecule has 1 unspecified atom stereocenters. The molecule has 1 aliphatic rings. The number of fused-ring (bicyclic) bond motifs is 1. The van der Waals surface area contributed by atoms with Gasteiger partial charge in [0.05, 0.1) is 5.69 Å². The number of carbonyl (C=O) groups is 2. The summed E-state index contributed by atoms with van der Waals surface area (Å²) in [5, 5.41) is 13.1. The van der Waals surface area contributed by atoms with Crippen molar-refractivity contribution < 1.29 is 28.9 Å². The summed E-state index contributed by atoms with van der Waals surface area (Å²) in [7, 11) is 0. The van der Waals surface area contributed by atoms with E-state index in [0.717, 1.165) is 5.56 Å². The highest BCUT2D eigenvalue weighted by Gasteiger charge is 2.25. The summed E-state index contributed by atoms with van der Waals surface area (Å²) in [5.41, 5.74) is 1.77. The molecule has 1 heterocycles. The van der Waals surface area contributed by atoms with E-state index in [9.17, 15) is 14.7 Å². The molecule has 1 aliphatic heterocycles. The zero-order valence-corrected chi connectivity index (χ0v) is 14.2. The molecular weight excluding hydrogens is 338 g/mol. The summed E-state index contributed by atoms with van der Waals surface area (Å²) in [6.07, 6.45) is -1.11. The third-order valence-electron chi connectivity index (χ3n) is 3.76. The number of carbonyl (C=O) groups excluding carboxylic acids is 2. The fraction of sp³-hybridized carbons (Fsp3) is 0.263. The molecule has 0 spiro atoms. The van der Waals surface area contributed by atoms with Crippen molar-refractivity contribution in [1.82, 2.24) is 0 Å². The van der Waals surface area contributed by atoms with Crippen molar-refractivity contribution in [3.8, 4) is 11.5 Å². The highest BCUT2D eigenvalue weighted by atomic mass is 16.5. The summed E-state index contributed by atoms with van der Waals surface area (Å²) in [4.78, 5) is 22.6. The first-order valence-corrected chi connectivity index (χ1v) is 8.11. The van der Waals surface area contributed by atoms with Crippen molar-refractivity contribution in [1.29, 1.82) is 0 Å². The summed E-state index contributed by atoms with van der Waals surface area (Å²) in [6, 6.07) is 12.9. The van der Waals surface area contributed by atoms with Gasteiger partial charge in [0.25, 0.3) is 5.91 Å². The zero-order chi connectivity index (χ0) is 18.5. The Labute approximate surface area is 150 Å². The van der Waals surface area contributed by atoms with Gasteiger partial charge in [-0.2, -0.15) is 0 Å². The Bertz CT molecular complexity index is 805. The first kappa shape index (κ1) is 17.8. The number of anilines is 1. The van der Waals surface area contributed by atoms with Gasteiger partial charge in [0.1, 0.15) is 30.8 Å². The number of aliphatic hydroxyl groups excluding tert-OH is 1. The summed E-state index contributed by atoms with van der Waals surface area (Å²) < 4.78 is 16.1. The molecule has 0 fully saturated rings. The van der Waals surface area contributed by atoms with Gasteiger partial charge in [-0.3, -0.25) is 9.59 Å². The second kappa shape index (κ2) is 7.88. The molecule has 1 atom stereocenters. The molecule has 0 aliphatic carbocycles. The Morgan fingerprint density at radius 3 is 2.81 bits per heavy atom. The van der Waals surface area contributed by atoms with Crippen LogP contribution in [0.1, 0.15) is 24.2 Å². The lowest BCUT2D eigenvalue weighted by Gasteiger charge is -2.24. The Hall–Kier alpha value is -3.06. The molecule has 7 nitrogen and oxygen atoms in total. The van der Waals surface area contributed by atoms with Gasteiger partial charge in [-0.05, 0) is 11.6 Å². The molecule has 3 rings (SSSR count). The number of rotatable bonds is 6. The molecule has 0 aromatic heterocycles. The van der Waals surface area contributed by atoms with Crippen molar-refractivity contribution in [2.45, 2.75) is 19.6 Å². The number of hydrogen-bond donors (Lipinski definition) is 2. The van der Waals surface area contributed by atoms with Crippen LogP contribution in [0.15, 0.2) is 42.5 Å². The van der Waals surface area contributed by atoms with Crippen molar-refractivity contribution in [3.63, 3.8) is 0 Å². The van der Waals surface area contributed by atoms with Crippen LogP contribution in [-0.4, -0.2) is 30.2 Å². The minimum Gasteiger partial charge on any atom is -0.489 e. The van der Waals surface area contributed by atoms with Crippen LogP contribution in [0, 0.1) is 0 Å². The Balaban J connectivity index is 1.85. The maximum Gasteiger partial charge on any atom is 0.302 e. The van der Waals surface area contributed by atoms with E-state index in [1.807, 2.05) is 30.3 Å². The molecule has 26 heavy (non-hydrogen) atoms. The van der Waals surface area contributed by atoms with Crippen LogP contribution in [-0.2, 0) is 20.9 Å². The molecule has 2 aromatic rings. The minimum atomic E-state index is -1.11. The van der Waals surface area contributed by atoms with E-state index in [1.165, 1.54) is 6.92 Å². The monoisotopic (exact) mass is 357 g/mol. The molecule has 0 radical (unpaired) electrons. The molecule has 0 saturated heterocycles. The van der Waals surface area contributed by atoms with Crippen molar-refractivity contribution in [3.05, 3.63) is 53.6 Å². The fourth-order valence-corrected chi connectivity index (χ4v) is 2.56. The zero-order valence-electron chi connectivity index (χ0n) is 14.2. The predicted octanol–water partition coefficient (Wildman–Crippen LogP) is 2.19. The van der Waals surface area contributed by atoms with Crippen LogP contribution in [0.4, 0.5) is 5.69 Å². The van der Waals surface area contributed by atoms with Gasteiger partial charge in [0.15, 0.2) is 6.61 Å². The molecule has 2 N–H and O–H groups in total. The van der Waals surface area contributed by atoms with Gasteiger partial charge < -0.3 is 24.6 Å². The van der Waals surface area contributed by atoms with Crippen molar-refractivity contribution >= 4 is 17.6 Å². The average molecular weight is 357 g/mol. The maximum absolute atomic E-state index is 11.6. The highest BCUT2D eigenvalue weighted by Crippen LogP contribution is 2.39. The number of hydrogen-bond acceptors (Lipinski definition) is 6. The highest BCUT2D eigenvalue weighted by molar-refractivity contribution is 5.96. The largest absolute Gasteiger partial charge is 0.489 e. The van der Waals surface area contributed by atoms with Gasteiger partial charge in [-0.25, -0.2) is 0 Å². The Morgan fingerprint density at radius 1 is 1.31 bits per heavy atom. The lowest BCUT2D eigenvalue weighted by atomic mass is 10.1. The topological polar surface area (TPSA) is 94.1 Å². The molecular formula is C19H19NO6. The van der Waals surface area contributed by atoms with Crippen LogP contribution >= 0.6 is 0 Å². The number of amides is 1. The number of esters is 1. The average Bonchev–Trinajstić information content (AvgIpc) is 2.64. The predicted molar refractivity (Wildman–Crippen MR) is 92.9 cm³/mol. The summed E-state index contributed by atoms with van der Waals surface area (Å²) >= 11 is 0. The van der Waals surface area contributed by atoms with Crippen LogP contribution in [0.5, 0.6) is 11.5 Å². The lowest BCUT2D eigenvalue weighted by molar-refractivity contribution is -0.144. The first-order chi connectivity index (χ1) is 12.5. The molecule has 0 bridgehead atoms. The molecule has 7 heteroatoms. The SMILES string of the molecule is CC(=O)OCC(O)c1cc(OCc2ccccc2)cc2c1OCC(=O)N2. The van der Waals surface area contributed by atoms with Gasteiger partial charge in [0, 0.05) is 18.6 Å². The van der Waals surface area contributed by atoms with E-state index in [1.54, 1.807) is 12.1 Å². The van der Waals surface area contributed by atoms with Crippen molar-refractivity contribution in [2.24, 2.45) is 0 Å². The van der Waals surface area contributed by atoms with Crippen molar-refractivity contribution in [2.75, 3.05) is 18.5 Å². The maximum atomic E-state index is 11.6. The van der Waals surface area contributed by atoms with E-state index in [4.69, 9.17) is 14.2 Å². The number of ether oxygens (including phenoxy) is 3. The Kier molecular flexibility index (Phi) is 5.38. The van der Waals surface area contributed by atoms with E-state index in [2.05, 4.69) is 5.32 Å². The second-order valence-corrected chi connectivity index (χ2v) is 5.82. The van der Waals surface area contributed by atoms with E-state index in [0.29, 0.717) is 29.4 Å².